The maximum absolute atomic E-state index is 13.2. The minimum absolute atomic E-state index is 0.00349. The van der Waals surface area contributed by atoms with Crippen molar-refractivity contribution in [3.63, 3.8) is 0 Å². The first kappa shape index (κ1) is 21.5. The van der Waals surface area contributed by atoms with Gasteiger partial charge in [0.2, 0.25) is 10.0 Å². The SMILES string of the molecule is CCCn1c(SCC(=O)c2c[nH]c3c(CF)cccc23)nc2cc(S(N)(=O)=O)ccc21. The summed E-state index contributed by atoms with van der Waals surface area (Å²) in [5.41, 5.74) is 2.94. The minimum Gasteiger partial charge on any atom is -0.360 e. The fourth-order valence-electron chi connectivity index (χ4n) is 3.58. The highest BCUT2D eigenvalue weighted by Gasteiger charge is 2.18. The number of rotatable bonds is 8. The molecule has 4 aromatic rings. The molecule has 0 saturated carbocycles. The summed E-state index contributed by atoms with van der Waals surface area (Å²) >= 11 is 1.28. The first-order valence-electron chi connectivity index (χ1n) is 9.67. The number of imidazole rings is 1. The molecule has 2 aromatic carbocycles. The van der Waals surface area contributed by atoms with Gasteiger partial charge in [-0.25, -0.2) is 22.9 Å². The largest absolute Gasteiger partial charge is 0.360 e. The Labute approximate surface area is 182 Å². The number of para-hydroxylation sites is 1. The van der Waals surface area contributed by atoms with Crippen LogP contribution in [0.1, 0.15) is 29.3 Å². The fraction of sp³-hybridized carbons (Fsp3) is 0.238. The van der Waals surface area contributed by atoms with E-state index in [1.165, 1.54) is 23.9 Å². The Balaban J connectivity index is 1.64. The van der Waals surface area contributed by atoms with Crippen LogP contribution in [-0.2, 0) is 23.2 Å². The zero-order valence-corrected chi connectivity index (χ0v) is 18.4. The van der Waals surface area contributed by atoms with Crippen molar-refractivity contribution in [2.45, 2.75) is 36.6 Å². The number of H-pyrrole nitrogens is 1. The molecule has 0 spiro atoms. The summed E-state index contributed by atoms with van der Waals surface area (Å²) in [5.74, 6) is 0.0367. The molecule has 0 aliphatic heterocycles. The van der Waals surface area contributed by atoms with E-state index in [1.54, 1.807) is 30.5 Å². The number of hydrogen-bond donors (Lipinski definition) is 2. The number of aromatic amines is 1. The molecular formula is C21H21FN4O3S2. The van der Waals surface area contributed by atoms with Crippen LogP contribution in [0.2, 0.25) is 0 Å². The molecule has 0 fully saturated rings. The number of Topliss-reactive ketones (excluding diaryl/α,β-unsaturated/α-hetero) is 1. The predicted molar refractivity (Wildman–Crippen MR) is 120 cm³/mol. The van der Waals surface area contributed by atoms with Crippen molar-refractivity contribution >= 4 is 49.5 Å². The molecule has 0 aliphatic carbocycles. The average molecular weight is 461 g/mol. The molecule has 0 radical (unpaired) electrons. The highest BCUT2D eigenvalue weighted by molar-refractivity contribution is 7.99. The molecule has 3 N–H and O–H groups in total. The molecule has 0 atom stereocenters. The summed E-state index contributed by atoms with van der Waals surface area (Å²) in [6.45, 7) is 2.09. The number of carbonyl (C=O) groups excluding carboxylic acids is 1. The number of thioether (sulfide) groups is 1. The van der Waals surface area contributed by atoms with Gasteiger partial charge < -0.3 is 9.55 Å². The quantitative estimate of drug-likeness (QED) is 0.305. The molecule has 2 heterocycles. The Morgan fingerprint density at radius 2 is 2.10 bits per heavy atom. The lowest BCUT2D eigenvalue weighted by atomic mass is 10.1. The molecule has 0 unspecified atom stereocenters. The van der Waals surface area contributed by atoms with Crippen LogP contribution < -0.4 is 5.14 Å². The van der Waals surface area contributed by atoms with E-state index in [4.69, 9.17) is 5.14 Å². The molecule has 4 rings (SSSR count). The topological polar surface area (TPSA) is 111 Å². The molecule has 0 bridgehead atoms. The third-order valence-corrected chi connectivity index (χ3v) is 6.93. The molecule has 162 valence electrons. The molecule has 0 aliphatic rings. The van der Waals surface area contributed by atoms with Crippen molar-refractivity contribution in [3.05, 3.63) is 53.7 Å². The lowest BCUT2D eigenvalue weighted by molar-refractivity contribution is 0.102. The van der Waals surface area contributed by atoms with Crippen LogP contribution >= 0.6 is 11.8 Å². The van der Waals surface area contributed by atoms with E-state index in [1.807, 2.05) is 11.5 Å². The van der Waals surface area contributed by atoms with Crippen LogP contribution in [0.25, 0.3) is 21.9 Å². The van der Waals surface area contributed by atoms with Crippen molar-refractivity contribution in [2.75, 3.05) is 5.75 Å². The maximum atomic E-state index is 13.2. The van der Waals surface area contributed by atoms with Crippen molar-refractivity contribution < 1.29 is 17.6 Å². The Morgan fingerprint density at radius 1 is 1.29 bits per heavy atom. The van der Waals surface area contributed by atoms with Crippen molar-refractivity contribution in [2.24, 2.45) is 5.14 Å². The van der Waals surface area contributed by atoms with Gasteiger partial charge in [-0.2, -0.15) is 0 Å². The molecular weight excluding hydrogens is 439 g/mol. The van der Waals surface area contributed by atoms with Gasteiger partial charge in [0, 0.05) is 29.3 Å². The Kier molecular flexibility index (Phi) is 5.87. The number of benzene rings is 2. The second kappa shape index (κ2) is 8.45. The van der Waals surface area contributed by atoms with Gasteiger partial charge in [-0.1, -0.05) is 36.9 Å². The van der Waals surface area contributed by atoms with Crippen molar-refractivity contribution in [3.8, 4) is 0 Å². The average Bonchev–Trinajstić information content (AvgIpc) is 3.33. The third-order valence-electron chi connectivity index (χ3n) is 5.04. The number of alkyl halides is 1. The van der Waals surface area contributed by atoms with Crippen LogP contribution in [0.5, 0.6) is 0 Å². The minimum atomic E-state index is -3.83. The fourth-order valence-corrected chi connectivity index (χ4v) is 5.04. The van der Waals surface area contributed by atoms with Crippen molar-refractivity contribution in [1.82, 2.24) is 14.5 Å². The number of ketones is 1. The third kappa shape index (κ3) is 4.10. The monoisotopic (exact) mass is 460 g/mol. The van der Waals surface area contributed by atoms with E-state index in [9.17, 15) is 17.6 Å². The van der Waals surface area contributed by atoms with E-state index in [0.717, 1.165) is 11.9 Å². The second-order valence-corrected chi connectivity index (χ2v) is 9.63. The number of primary sulfonamides is 1. The second-order valence-electron chi connectivity index (χ2n) is 7.13. The standard InChI is InChI=1S/C21H21FN4O3S2/c1-2-8-26-18-7-6-14(31(23,28)29)9-17(18)25-21(26)30-12-19(27)16-11-24-20-13(10-22)4-3-5-15(16)20/h3-7,9,11,24H,2,8,10,12H2,1H3,(H2,23,28,29). The molecule has 2 aromatic heterocycles. The van der Waals surface area contributed by atoms with E-state index in [-0.39, 0.29) is 16.4 Å². The van der Waals surface area contributed by atoms with Gasteiger partial charge in [-0.05, 0) is 24.6 Å². The Hall–Kier alpha value is -2.69. The number of carbonyl (C=O) groups is 1. The first-order valence-corrected chi connectivity index (χ1v) is 12.2. The number of nitrogens with two attached hydrogens (primary N) is 1. The smallest absolute Gasteiger partial charge is 0.238 e. The first-order chi connectivity index (χ1) is 14.8. The van der Waals surface area contributed by atoms with Gasteiger partial charge in [-0.3, -0.25) is 4.79 Å². The van der Waals surface area contributed by atoms with Crippen molar-refractivity contribution in [1.29, 1.82) is 0 Å². The zero-order valence-electron chi connectivity index (χ0n) is 16.8. The molecule has 0 saturated heterocycles. The number of halogens is 1. The summed E-state index contributed by atoms with van der Waals surface area (Å²) < 4.78 is 38.5. The number of nitrogens with zero attached hydrogens (tertiary/aromatic N) is 2. The maximum Gasteiger partial charge on any atom is 0.238 e. The van der Waals surface area contributed by atoms with Gasteiger partial charge >= 0.3 is 0 Å². The molecule has 31 heavy (non-hydrogen) atoms. The van der Waals surface area contributed by atoms with E-state index in [2.05, 4.69) is 9.97 Å². The summed E-state index contributed by atoms with van der Waals surface area (Å²) in [7, 11) is -3.83. The molecule has 7 nitrogen and oxygen atoms in total. The molecule has 0 amide bonds. The van der Waals surface area contributed by atoms with Crippen LogP contribution in [0.3, 0.4) is 0 Å². The van der Waals surface area contributed by atoms with Gasteiger partial charge in [0.15, 0.2) is 10.9 Å². The lowest BCUT2D eigenvalue weighted by Crippen LogP contribution is -2.11. The van der Waals surface area contributed by atoms with Gasteiger partial charge in [-0.15, -0.1) is 0 Å². The van der Waals surface area contributed by atoms with Gasteiger partial charge in [0.1, 0.15) is 6.67 Å². The zero-order chi connectivity index (χ0) is 22.2. The lowest BCUT2D eigenvalue weighted by Gasteiger charge is -2.07. The Morgan fingerprint density at radius 3 is 2.81 bits per heavy atom. The number of sulfonamides is 1. The van der Waals surface area contributed by atoms with Crippen LogP contribution in [0.4, 0.5) is 4.39 Å². The summed E-state index contributed by atoms with van der Waals surface area (Å²) in [6, 6.07) is 9.80. The van der Waals surface area contributed by atoms with Crippen LogP contribution in [-0.4, -0.2) is 34.5 Å². The summed E-state index contributed by atoms with van der Waals surface area (Å²) in [5, 5.41) is 6.55. The van der Waals surface area contributed by atoms with Crippen LogP contribution in [0, 0.1) is 0 Å². The normalized spacial score (nSPS) is 12.1. The van der Waals surface area contributed by atoms with E-state index < -0.39 is 16.7 Å². The summed E-state index contributed by atoms with van der Waals surface area (Å²) in [4.78, 5) is 20.4. The predicted octanol–water partition coefficient (Wildman–Crippen LogP) is 4.02. The Bertz CT molecular complexity index is 1390. The highest BCUT2D eigenvalue weighted by atomic mass is 32.2. The molecule has 10 heteroatoms. The summed E-state index contributed by atoms with van der Waals surface area (Å²) in [6.07, 6.45) is 2.46. The van der Waals surface area contributed by atoms with Gasteiger partial charge in [0.25, 0.3) is 0 Å². The van der Waals surface area contributed by atoms with E-state index >= 15 is 0 Å². The number of hydrogen-bond acceptors (Lipinski definition) is 5. The number of nitrogens with one attached hydrogen (secondary N) is 1. The number of aromatic nitrogens is 3. The van der Waals surface area contributed by atoms with E-state index in [0.29, 0.717) is 39.2 Å². The number of aryl methyl sites for hydroxylation is 1. The number of fused-ring (bicyclic) bond motifs is 2. The van der Waals surface area contributed by atoms with Crippen LogP contribution in [0.15, 0.2) is 52.6 Å². The van der Waals surface area contributed by atoms with Gasteiger partial charge in [0.05, 0.1) is 27.2 Å². The highest BCUT2D eigenvalue weighted by Crippen LogP contribution is 2.28.